The van der Waals surface area contributed by atoms with Gasteiger partial charge in [-0.05, 0) is 48.7 Å². The molecule has 0 bridgehead atoms. The normalized spacial score (nSPS) is 11.3. The van der Waals surface area contributed by atoms with E-state index in [0.29, 0.717) is 12.2 Å². The van der Waals surface area contributed by atoms with Gasteiger partial charge in [0.05, 0.1) is 10.6 Å². The maximum atomic E-state index is 12.5. The largest absolute Gasteiger partial charge is 0.326 e. The fraction of sp³-hybridized carbons (Fsp3) is 0.214. The lowest BCUT2D eigenvalue weighted by atomic mass is 10.1. The molecule has 0 radical (unpaired) electrons. The molecule has 1 aromatic carbocycles. The summed E-state index contributed by atoms with van der Waals surface area (Å²) in [6.45, 7) is 3.97. The summed E-state index contributed by atoms with van der Waals surface area (Å²) in [7, 11) is -3.63. The van der Waals surface area contributed by atoms with Crippen LogP contribution in [0, 0.1) is 13.8 Å². The highest BCUT2D eigenvalue weighted by Crippen LogP contribution is 2.23. The molecule has 1 heterocycles. The molecule has 0 atom stereocenters. The Morgan fingerprint density at radius 1 is 1.20 bits per heavy atom. The van der Waals surface area contributed by atoms with E-state index >= 15 is 0 Å². The molecule has 0 unspecified atom stereocenters. The third-order valence-electron chi connectivity index (χ3n) is 3.14. The molecular formula is C14H17N3O2S. The molecule has 0 saturated carbocycles. The van der Waals surface area contributed by atoms with Gasteiger partial charge in [0.2, 0.25) is 0 Å². The molecule has 3 N–H and O–H groups in total. The Hall–Kier alpha value is -1.92. The third kappa shape index (κ3) is 2.97. The first-order valence-corrected chi connectivity index (χ1v) is 7.65. The van der Waals surface area contributed by atoms with Crippen molar-refractivity contribution in [2.24, 2.45) is 5.73 Å². The molecule has 106 valence electrons. The van der Waals surface area contributed by atoms with E-state index in [9.17, 15) is 8.42 Å². The van der Waals surface area contributed by atoms with E-state index in [1.54, 1.807) is 25.1 Å². The third-order valence-corrected chi connectivity index (χ3v) is 4.64. The molecule has 1 aromatic heterocycles. The van der Waals surface area contributed by atoms with Crippen molar-refractivity contribution in [3.8, 4) is 0 Å². The lowest BCUT2D eigenvalue weighted by Gasteiger charge is -2.13. The smallest absolute Gasteiger partial charge is 0.262 e. The number of pyridine rings is 1. The Kier molecular flexibility index (Phi) is 4.06. The van der Waals surface area contributed by atoms with Gasteiger partial charge in [-0.1, -0.05) is 6.07 Å². The van der Waals surface area contributed by atoms with Crippen LogP contribution in [0.1, 0.15) is 16.7 Å². The number of rotatable bonds is 4. The number of anilines is 1. The summed E-state index contributed by atoms with van der Waals surface area (Å²) < 4.78 is 27.5. The van der Waals surface area contributed by atoms with Crippen LogP contribution in [0.25, 0.3) is 0 Å². The summed E-state index contributed by atoms with van der Waals surface area (Å²) in [5.74, 6) is 0. The van der Waals surface area contributed by atoms with Crippen molar-refractivity contribution in [1.29, 1.82) is 0 Å². The molecule has 0 fully saturated rings. The Morgan fingerprint density at radius 3 is 2.45 bits per heavy atom. The van der Waals surface area contributed by atoms with Crippen LogP contribution in [-0.2, 0) is 16.6 Å². The molecule has 6 heteroatoms. The molecule has 0 saturated heterocycles. The van der Waals surface area contributed by atoms with E-state index in [1.165, 1.54) is 12.4 Å². The van der Waals surface area contributed by atoms with Crippen LogP contribution >= 0.6 is 0 Å². The molecule has 0 amide bonds. The highest BCUT2D eigenvalue weighted by molar-refractivity contribution is 7.92. The number of nitrogens with two attached hydrogens (primary N) is 1. The van der Waals surface area contributed by atoms with Crippen molar-refractivity contribution in [3.05, 3.63) is 53.3 Å². The summed E-state index contributed by atoms with van der Waals surface area (Å²) >= 11 is 0. The predicted octanol–water partition coefficient (Wildman–Crippen LogP) is 1.96. The molecule has 2 aromatic rings. The fourth-order valence-electron chi connectivity index (χ4n) is 1.93. The van der Waals surface area contributed by atoms with Gasteiger partial charge in [-0.25, -0.2) is 8.42 Å². The first-order valence-electron chi connectivity index (χ1n) is 6.17. The summed E-state index contributed by atoms with van der Waals surface area (Å²) in [6, 6.07) is 6.73. The SMILES string of the molecule is Cc1cc(CN)cc(S(=O)(=O)Nc2ccncc2)c1C. The van der Waals surface area contributed by atoms with Crippen molar-refractivity contribution in [3.63, 3.8) is 0 Å². The minimum Gasteiger partial charge on any atom is -0.326 e. The second-order valence-corrected chi connectivity index (χ2v) is 6.23. The Labute approximate surface area is 118 Å². The fourth-order valence-corrected chi connectivity index (χ4v) is 3.35. The second kappa shape index (κ2) is 5.60. The van der Waals surface area contributed by atoms with Crippen LogP contribution in [0.5, 0.6) is 0 Å². The number of hydrogen-bond donors (Lipinski definition) is 2. The minimum atomic E-state index is -3.63. The summed E-state index contributed by atoms with van der Waals surface area (Å²) in [5, 5.41) is 0. The Morgan fingerprint density at radius 2 is 1.85 bits per heavy atom. The maximum Gasteiger partial charge on any atom is 0.262 e. The lowest BCUT2D eigenvalue weighted by molar-refractivity contribution is 0.600. The van der Waals surface area contributed by atoms with Crippen LogP contribution in [0.2, 0.25) is 0 Å². The molecule has 20 heavy (non-hydrogen) atoms. The van der Waals surface area contributed by atoms with Crippen LogP contribution in [0.3, 0.4) is 0 Å². The average molecular weight is 291 g/mol. The number of benzene rings is 1. The zero-order chi connectivity index (χ0) is 14.8. The van der Waals surface area contributed by atoms with Gasteiger partial charge in [0.15, 0.2) is 0 Å². The van der Waals surface area contributed by atoms with Gasteiger partial charge in [-0.2, -0.15) is 0 Å². The minimum absolute atomic E-state index is 0.259. The highest BCUT2D eigenvalue weighted by Gasteiger charge is 2.18. The van der Waals surface area contributed by atoms with Crippen molar-refractivity contribution >= 4 is 15.7 Å². The van der Waals surface area contributed by atoms with Crippen molar-refractivity contribution in [2.75, 3.05) is 4.72 Å². The monoisotopic (exact) mass is 291 g/mol. The van der Waals surface area contributed by atoms with E-state index in [-0.39, 0.29) is 4.90 Å². The van der Waals surface area contributed by atoms with Gasteiger partial charge in [0, 0.05) is 18.9 Å². The van der Waals surface area contributed by atoms with E-state index in [2.05, 4.69) is 9.71 Å². The van der Waals surface area contributed by atoms with Gasteiger partial charge < -0.3 is 5.73 Å². The van der Waals surface area contributed by atoms with E-state index in [4.69, 9.17) is 5.73 Å². The van der Waals surface area contributed by atoms with E-state index < -0.39 is 10.0 Å². The van der Waals surface area contributed by atoms with E-state index in [0.717, 1.165) is 16.7 Å². The summed E-state index contributed by atoms with van der Waals surface area (Å²) in [6.07, 6.45) is 3.07. The first kappa shape index (κ1) is 14.5. The second-order valence-electron chi connectivity index (χ2n) is 4.58. The average Bonchev–Trinajstić information content (AvgIpc) is 2.42. The molecule has 0 aliphatic rings. The van der Waals surface area contributed by atoms with Crippen LogP contribution < -0.4 is 10.5 Å². The molecule has 0 aliphatic heterocycles. The van der Waals surface area contributed by atoms with Gasteiger partial charge in [0.25, 0.3) is 10.0 Å². The quantitative estimate of drug-likeness (QED) is 0.901. The number of nitrogens with zero attached hydrogens (tertiary/aromatic N) is 1. The van der Waals surface area contributed by atoms with Crippen LogP contribution in [0.15, 0.2) is 41.6 Å². The first-order chi connectivity index (χ1) is 9.44. The van der Waals surface area contributed by atoms with E-state index in [1.807, 2.05) is 13.0 Å². The Balaban J connectivity index is 2.47. The van der Waals surface area contributed by atoms with Crippen molar-refractivity contribution < 1.29 is 8.42 Å². The molecule has 5 nitrogen and oxygen atoms in total. The maximum absolute atomic E-state index is 12.5. The van der Waals surface area contributed by atoms with Gasteiger partial charge in [-0.15, -0.1) is 0 Å². The van der Waals surface area contributed by atoms with Gasteiger partial charge in [-0.3, -0.25) is 9.71 Å². The number of aryl methyl sites for hydroxylation is 1. The zero-order valence-electron chi connectivity index (χ0n) is 11.4. The zero-order valence-corrected chi connectivity index (χ0v) is 12.2. The number of nitrogens with one attached hydrogen (secondary N) is 1. The number of hydrogen-bond acceptors (Lipinski definition) is 4. The lowest BCUT2D eigenvalue weighted by Crippen LogP contribution is -2.15. The molecule has 2 rings (SSSR count). The summed E-state index contributed by atoms with van der Waals surface area (Å²) in [5.41, 5.74) is 8.52. The number of sulfonamides is 1. The molecular weight excluding hydrogens is 274 g/mol. The summed E-state index contributed by atoms with van der Waals surface area (Å²) in [4.78, 5) is 4.11. The Bertz CT molecular complexity index is 713. The highest BCUT2D eigenvalue weighted by atomic mass is 32.2. The van der Waals surface area contributed by atoms with Gasteiger partial charge in [0.1, 0.15) is 0 Å². The van der Waals surface area contributed by atoms with Crippen molar-refractivity contribution in [1.82, 2.24) is 4.98 Å². The predicted molar refractivity (Wildman–Crippen MR) is 78.9 cm³/mol. The van der Waals surface area contributed by atoms with Crippen LogP contribution in [0.4, 0.5) is 5.69 Å². The van der Waals surface area contributed by atoms with Crippen LogP contribution in [-0.4, -0.2) is 13.4 Å². The molecule has 0 aliphatic carbocycles. The van der Waals surface area contributed by atoms with Gasteiger partial charge >= 0.3 is 0 Å². The standard InChI is InChI=1S/C14H17N3O2S/c1-10-7-12(9-15)8-14(11(10)2)20(18,19)17-13-3-5-16-6-4-13/h3-8H,9,15H2,1-2H3,(H,16,17). The number of aromatic nitrogens is 1. The topological polar surface area (TPSA) is 85.1 Å². The molecule has 0 spiro atoms. The van der Waals surface area contributed by atoms with Crippen molar-refractivity contribution in [2.45, 2.75) is 25.3 Å².